The number of carbonyl (C=O) groups excluding carboxylic acids is 1. The Kier molecular flexibility index (Phi) is 4.40. The van der Waals surface area contributed by atoms with Gasteiger partial charge in [0.05, 0.1) is 11.9 Å². The quantitative estimate of drug-likeness (QED) is 0.720. The van der Waals surface area contributed by atoms with Gasteiger partial charge in [-0.05, 0) is 26.3 Å². The minimum Gasteiger partial charge on any atom is -0.338 e. The van der Waals surface area contributed by atoms with Crippen LogP contribution in [0.3, 0.4) is 0 Å². The average Bonchev–Trinajstić information content (AvgIpc) is 2.92. The highest BCUT2D eigenvalue weighted by Gasteiger charge is 2.26. The molecule has 28 heavy (non-hydrogen) atoms. The number of aryl methyl sites for hydroxylation is 2. The van der Waals surface area contributed by atoms with Crippen LogP contribution in [0, 0.1) is 13.8 Å². The van der Waals surface area contributed by atoms with E-state index in [1.165, 1.54) is 12.3 Å². The number of alkyl halides is 2. The van der Waals surface area contributed by atoms with E-state index in [2.05, 4.69) is 20.1 Å². The molecular formula is C18H18F2N6O2. The highest BCUT2D eigenvalue weighted by Crippen LogP contribution is 2.23. The largest absolute Gasteiger partial charge is 0.338 e. The van der Waals surface area contributed by atoms with Crippen LogP contribution in [0.1, 0.15) is 45.3 Å². The molecule has 0 radical (unpaired) electrons. The molecule has 4 heterocycles. The fourth-order valence-corrected chi connectivity index (χ4v) is 3.53. The number of amides is 1. The van der Waals surface area contributed by atoms with Gasteiger partial charge in [0.1, 0.15) is 17.1 Å². The standard InChI is InChI=1S/C18H18F2N6O2/c1-9-7-14(15(19)20)26-16(22-9)12(8-21-26)18(28)25-5-3-11-13(4-6-25)23-10(2)24-17(11)27/h7-8,15H,3-6H2,1-2H3,(H,23,24,27). The average molecular weight is 388 g/mol. The van der Waals surface area contributed by atoms with Crippen molar-refractivity contribution >= 4 is 11.6 Å². The van der Waals surface area contributed by atoms with Crippen molar-refractivity contribution in [1.82, 2.24) is 29.5 Å². The fraction of sp³-hybridized carbons (Fsp3) is 0.389. The number of carbonyl (C=O) groups is 1. The first kappa shape index (κ1) is 18.2. The highest BCUT2D eigenvalue weighted by atomic mass is 19.3. The van der Waals surface area contributed by atoms with Crippen molar-refractivity contribution in [2.24, 2.45) is 0 Å². The van der Waals surface area contributed by atoms with Gasteiger partial charge in [-0.1, -0.05) is 0 Å². The number of halogens is 2. The van der Waals surface area contributed by atoms with E-state index in [9.17, 15) is 18.4 Å². The lowest BCUT2D eigenvalue weighted by molar-refractivity contribution is 0.0764. The molecule has 1 aliphatic rings. The number of fused-ring (bicyclic) bond motifs is 2. The summed E-state index contributed by atoms with van der Waals surface area (Å²) in [5.41, 5.74) is 1.41. The van der Waals surface area contributed by atoms with E-state index < -0.39 is 6.43 Å². The molecule has 8 nitrogen and oxygen atoms in total. The fourth-order valence-electron chi connectivity index (χ4n) is 3.53. The van der Waals surface area contributed by atoms with E-state index in [0.29, 0.717) is 48.7 Å². The number of H-pyrrole nitrogens is 1. The zero-order valence-corrected chi connectivity index (χ0v) is 15.4. The van der Waals surface area contributed by atoms with Crippen LogP contribution >= 0.6 is 0 Å². The third kappa shape index (κ3) is 3.04. The summed E-state index contributed by atoms with van der Waals surface area (Å²) >= 11 is 0. The first-order valence-electron chi connectivity index (χ1n) is 8.86. The molecule has 3 aromatic rings. The molecule has 0 fully saturated rings. The molecule has 0 aromatic carbocycles. The molecule has 4 rings (SSSR count). The molecule has 0 saturated carbocycles. The molecule has 1 aliphatic heterocycles. The summed E-state index contributed by atoms with van der Waals surface area (Å²) in [7, 11) is 0. The molecule has 3 aromatic heterocycles. The van der Waals surface area contributed by atoms with Crippen LogP contribution in [-0.2, 0) is 12.8 Å². The van der Waals surface area contributed by atoms with Gasteiger partial charge in [-0.25, -0.2) is 23.3 Å². The van der Waals surface area contributed by atoms with Crippen LogP contribution in [0.4, 0.5) is 8.78 Å². The number of hydrogen-bond donors (Lipinski definition) is 1. The summed E-state index contributed by atoms with van der Waals surface area (Å²) in [6, 6.07) is 1.25. The number of hydrogen-bond acceptors (Lipinski definition) is 5. The van der Waals surface area contributed by atoms with Gasteiger partial charge in [-0.2, -0.15) is 5.10 Å². The molecule has 0 atom stereocenters. The van der Waals surface area contributed by atoms with E-state index >= 15 is 0 Å². The van der Waals surface area contributed by atoms with Crippen LogP contribution in [0.15, 0.2) is 17.1 Å². The van der Waals surface area contributed by atoms with Crippen LogP contribution in [0.5, 0.6) is 0 Å². The van der Waals surface area contributed by atoms with Crippen LogP contribution < -0.4 is 5.56 Å². The molecule has 0 spiro atoms. The monoisotopic (exact) mass is 388 g/mol. The summed E-state index contributed by atoms with van der Waals surface area (Å²) in [6.07, 6.45) is -0.651. The molecule has 0 aliphatic carbocycles. The van der Waals surface area contributed by atoms with Crippen molar-refractivity contribution in [3.63, 3.8) is 0 Å². The Morgan fingerprint density at radius 1 is 1.21 bits per heavy atom. The maximum absolute atomic E-state index is 13.3. The van der Waals surface area contributed by atoms with E-state index in [4.69, 9.17) is 0 Å². The molecular weight excluding hydrogens is 370 g/mol. The first-order valence-corrected chi connectivity index (χ1v) is 8.86. The molecule has 0 bridgehead atoms. The normalized spacial score (nSPS) is 14.4. The predicted molar refractivity (Wildman–Crippen MR) is 95.6 cm³/mol. The molecule has 0 saturated heterocycles. The lowest BCUT2D eigenvalue weighted by Crippen LogP contribution is -2.33. The van der Waals surface area contributed by atoms with Gasteiger partial charge < -0.3 is 9.88 Å². The lowest BCUT2D eigenvalue weighted by Gasteiger charge is -2.19. The lowest BCUT2D eigenvalue weighted by atomic mass is 10.1. The van der Waals surface area contributed by atoms with Crippen LogP contribution in [0.2, 0.25) is 0 Å². The topological polar surface area (TPSA) is 96.3 Å². The van der Waals surface area contributed by atoms with Gasteiger partial charge in [0, 0.05) is 30.8 Å². The van der Waals surface area contributed by atoms with Crippen molar-refractivity contribution in [3.05, 3.63) is 56.7 Å². The molecule has 10 heteroatoms. The van der Waals surface area contributed by atoms with E-state index in [-0.39, 0.29) is 28.4 Å². The number of nitrogens with one attached hydrogen (secondary N) is 1. The van der Waals surface area contributed by atoms with Crippen molar-refractivity contribution < 1.29 is 13.6 Å². The smallest absolute Gasteiger partial charge is 0.280 e. The zero-order chi connectivity index (χ0) is 20.0. The predicted octanol–water partition coefficient (Wildman–Crippen LogP) is 1.61. The van der Waals surface area contributed by atoms with E-state index in [0.717, 1.165) is 4.52 Å². The number of aromatic amines is 1. The summed E-state index contributed by atoms with van der Waals surface area (Å²) in [6.45, 7) is 4.00. The summed E-state index contributed by atoms with van der Waals surface area (Å²) in [4.78, 5) is 38.1. The third-order valence-electron chi connectivity index (χ3n) is 4.84. The molecule has 146 valence electrons. The number of rotatable bonds is 2. The van der Waals surface area contributed by atoms with E-state index in [1.54, 1.807) is 18.7 Å². The van der Waals surface area contributed by atoms with Gasteiger partial charge in [-0.3, -0.25) is 9.59 Å². The Labute approximate surface area is 158 Å². The van der Waals surface area contributed by atoms with Crippen molar-refractivity contribution in [3.8, 4) is 0 Å². The minimum absolute atomic E-state index is 0.105. The van der Waals surface area contributed by atoms with Gasteiger partial charge in [0.25, 0.3) is 17.9 Å². The van der Waals surface area contributed by atoms with Gasteiger partial charge in [0.15, 0.2) is 5.65 Å². The number of aromatic nitrogens is 5. The number of nitrogens with zero attached hydrogens (tertiary/aromatic N) is 5. The van der Waals surface area contributed by atoms with Crippen LogP contribution in [0.25, 0.3) is 5.65 Å². The summed E-state index contributed by atoms with van der Waals surface area (Å²) < 4.78 is 27.6. The summed E-state index contributed by atoms with van der Waals surface area (Å²) in [5, 5.41) is 3.94. The third-order valence-corrected chi connectivity index (χ3v) is 4.84. The van der Waals surface area contributed by atoms with Crippen molar-refractivity contribution in [2.45, 2.75) is 33.1 Å². The van der Waals surface area contributed by atoms with Crippen molar-refractivity contribution in [1.29, 1.82) is 0 Å². The zero-order valence-electron chi connectivity index (χ0n) is 15.4. The van der Waals surface area contributed by atoms with Gasteiger partial charge in [-0.15, -0.1) is 0 Å². The maximum Gasteiger partial charge on any atom is 0.280 e. The second kappa shape index (κ2) is 6.77. The Balaban J connectivity index is 1.68. The second-order valence-corrected chi connectivity index (χ2v) is 6.79. The second-order valence-electron chi connectivity index (χ2n) is 6.79. The van der Waals surface area contributed by atoms with Gasteiger partial charge >= 0.3 is 0 Å². The Bertz CT molecular complexity index is 1140. The Morgan fingerprint density at radius 2 is 1.96 bits per heavy atom. The van der Waals surface area contributed by atoms with Crippen molar-refractivity contribution in [2.75, 3.05) is 13.1 Å². The minimum atomic E-state index is -2.74. The Hall–Kier alpha value is -3.17. The molecule has 1 N–H and O–H groups in total. The SMILES string of the molecule is Cc1cc(C(F)F)n2ncc(C(=O)N3CCc4nc(C)[nH]c(=O)c4CC3)c2n1. The molecule has 1 amide bonds. The van der Waals surface area contributed by atoms with Crippen LogP contribution in [-0.4, -0.2) is 48.5 Å². The highest BCUT2D eigenvalue weighted by molar-refractivity contribution is 5.99. The summed E-state index contributed by atoms with van der Waals surface area (Å²) in [5.74, 6) is 0.180. The molecule has 0 unspecified atom stereocenters. The van der Waals surface area contributed by atoms with Gasteiger partial charge in [0.2, 0.25) is 0 Å². The maximum atomic E-state index is 13.3. The van der Waals surface area contributed by atoms with E-state index in [1.807, 2.05) is 0 Å². The first-order chi connectivity index (χ1) is 13.3. The Morgan fingerprint density at radius 3 is 2.71 bits per heavy atom.